The summed E-state index contributed by atoms with van der Waals surface area (Å²) >= 11 is 0. The maximum Gasteiger partial charge on any atom is 0.332 e. The van der Waals surface area contributed by atoms with Gasteiger partial charge in [0.25, 0.3) is 0 Å². The Bertz CT molecular complexity index is 1350. The lowest BCUT2D eigenvalue weighted by molar-refractivity contribution is 0.492. The first-order valence-corrected chi connectivity index (χ1v) is 15.1. The Kier molecular flexibility index (Phi) is 6.68. The van der Waals surface area contributed by atoms with E-state index in [-0.39, 0.29) is 17.5 Å². The summed E-state index contributed by atoms with van der Waals surface area (Å²) < 4.78 is 56.4. The zero-order valence-electron chi connectivity index (χ0n) is 18.7. The van der Waals surface area contributed by atoms with Gasteiger partial charge in [0.05, 0.1) is 10.9 Å². The van der Waals surface area contributed by atoms with Crippen molar-refractivity contribution in [1.82, 2.24) is 4.98 Å². The van der Waals surface area contributed by atoms with Crippen LogP contribution in [0.5, 0.6) is 5.75 Å². The Morgan fingerprint density at radius 3 is 2.61 bits per heavy atom. The molecule has 0 amide bonds. The molecule has 0 bridgehead atoms. The molecular formula is C25H28FNO4S2. The number of halogens is 1. The quantitative estimate of drug-likeness (QED) is 0.385. The van der Waals surface area contributed by atoms with Crippen LogP contribution in [0.25, 0.3) is 10.9 Å². The third-order valence-corrected chi connectivity index (χ3v) is 7.96. The summed E-state index contributed by atoms with van der Waals surface area (Å²) in [5, 5.41) is 2.04. The second-order valence-corrected chi connectivity index (χ2v) is 13.9. The minimum atomic E-state index is -3.91. The summed E-state index contributed by atoms with van der Waals surface area (Å²) in [6.45, 7) is 0. The number of aromatic nitrogens is 1. The molecule has 0 radical (unpaired) electrons. The number of hydrogen-bond acceptors (Lipinski definition) is 5. The van der Waals surface area contributed by atoms with Crippen molar-refractivity contribution in [2.75, 3.05) is 12.5 Å². The zero-order chi connectivity index (χ0) is 23.6. The highest BCUT2D eigenvalue weighted by atomic mass is 32.2. The van der Waals surface area contributed by atoms with E-state index in [0.29, 0.717) is 18.6 Å². The van der Waals surface area contributed by atoms with Crippen molar-refractivity contribution < 1.29 is 21.2 Å². The number of fused-ring (bicyclic) bond motifs is 1. The van der Waals surface area contributed by atoms with Gasteiger partial charge in [-0.3, -0.25) is 9.19 Å². The average Bonchev–Trinajstić information content (AvgIpc) is 2.72. The molecule has 176 valence electrons. The Hall–Kier alpha value is -2.58. The van der Waals surface area contributed by atoms with Crippen molar-refractivity contribution in [2.45, 2.75) is 37.4 Å². The van der Waals surface area contributed by atoms with Gasteiger partial charge >= 0.3 is 10.1 Å². The van der Waals surface area contributed by atoms with Crippen LogP contribution in [-0.4, -0.2) is 30.1 Å². The molecule has 0 aliphatic heterocycles. The van der Waals surface area contributed by atoms with E-state index in [2.05, 4.69) is 4.98 Å². The summed E-state index contributed by atoms with van der Waals surface area (Å²) in [6, 6.07) is 13.3. The van der Waals surface area contributed by atoms with Crippen LogP contribution in [0.1, 0.15) is 42.7 Å². The van der Waals surface area contributed by atoms with Gasteiger partial charge in [-0.1, -0.05) is 17.7 Å². The SMILES string of the molecule is C[SH](C)(=O)Cc1cccc(OS(=O)(=O)C=C2CCC(c3ccnc4ccc(F)cc34)CC2)c1. The van der Waals surface area contributed by atoms with Crippen LogP contribution >= 0.6 is 0 Å². The topological polar surface area (TPSA) is 73.3 Å². The fourth-order valence-corrected chi connectivity index (χ4v) is 6.55. The van der Waals surface area contributed by atoms with Crippen molar-refractivity contribution in [2.24, 2.45) is 0 Å². The van der Waals surface area contributed by atoms with Crippen molar-refractivity contribution in [3.63, 3.8) is 0 Å². The number of allylic oxidation sites excluding steroid dienone is 1. The van der Waals surface area contributed by atoms with Crippen molar-refractivity contribution >= 4 is 31.0 Å². The Balaban J connectivity index is 1.45. The molecule has 33 heavy (non-hydrogen) atoms. The number of nitrogens with zero attached hydrogens (tertiary/aromatic N) is 1. The average molecular weight is 490 g/mol. The highest BCUT2D eigenvalue weighted by molar-refractivity contribution is 8.01. The molecule has 1 aliphatic carbocycles. The van der Waals surface area contributed by atoms with E-state index in [4.69, 9.17) is 4.18 Å². The Labute approximate surface area is 195 Å². The summed E-state index contributed by atoms with van der Waals surface area (Å²) in [5.41, 5.74) is 3.42. The van der Waals surface area contributed by atoms with Gasteiger partial charge in [-0.05, 0) is 91.6 Å². The van der Waals surface area contributed by atoms with Crippen LogP contribution in [0.3, 0.4) is 0 Å². The first-order chi connectivity index (χ1) is 15.6. The molecule has 3 aromatic rings. The molecule has 0 saturated heterocycles. The first-order valence-electron chi connectivity index (χ1n) is 10.9. The molecule has 2 aromatic carbocycles. The minimum Gasteiger partial charge on any atom is -0.379 e. The molecule has 1 heterocycles. The van der Waals surface area contributed by atoms with Gasteiger partial charge < -0.3 is 4.18 Å². The van der Waals surface area contributed by atoms with E-state index in [1.165, 1.54) is 17.5 Å². The maximum atomic E-state index is 13.8. The molecule has 0 atom stereocenters. The third kappa shape index (κ3) is 6.26. The van der Waals surface area contributed by atoms with E-state index in [0.717, 1.165) is 40.4 Å². The third-order valence-electron chi connectivity index (χ3n) is 5.79. The van der Waals surface area contributed by atoms with Crippen LogP contribution in [0.15, 0.2) is 65.7 Å². The molecule has 4 rings (SSSR count). The summed E-state index contributed by atoms with van der Waals surface area (Å²) in [5.74, 6) is 0.534. The molecule has 0 N–H and O–H groups in total. The number of thiol groups is 1. The summed E-state index contributed by atoms with van der Waals surface area (Å²) in [6.07, 6.45) is 7.93. The fraction of sp³-hybridized carbons (Fsp3) is 0.320. The molecule has 0 unspecified atom stereocenters. The van der Waals surface area contributed by atoms with Gasteiger partial charge in [-0.2, -0.15) is 8.42 Å². The van der Waals surface area contributed by atoms with Gasteiger partial charge in [-0.25, -0.2) is 4.39 Å². The van der Waals surface area contributed by atoms with E-state index in [1.807, 2.05) is 12.1 Å². The molecule has 1 aromatic heterocycles. The lowest BCUT2D eigenvalue weighted by Crippen LogP contribution is -2.12. The number of hydrogen-bond donors (Lipinski definition) is 1. The van der Waals surface area contributed by atoms with Crippen LogP contribution in [0, 0.1) is 5.82 Å². The van der Waals surface area contributed by atoms with Crippen LogP contribution in [0.4, 0.5) is 4.39 Å². The fourth-order valence-electron chi connectivity index (χ4n) is 4.41. The summed E-state index contributed by atoms with van der Waals surface area (Å²) in [7, 11) is -6.19. The molecular weight excluding hydrogens is 461 g/mol. The van der Waals surface area contributed by atoms with Gasteiger partial charge in [0.2, 0.25) is 0 Å². The standard InChI is InChI=1S/C25H28FNO4S2/c1-32(2,28)16-19-4-3-5-22(14-19)31-33(29,30)17-18-6-8-20(9-7-18)23-12-13-27-25-11-10-21(26)15-24(23)25/h3-5,10-15,17,20,32H,6-9,16H2,1-2H3. The van der Waals surface area contributed by atoms with Crippen molar-refractivity contribution in [3.8, 4) is 5.75 Å². The molecule has 1 fully saturated rings. The van der Waals surface area contributed by atoms with Crippen molar-refractivity contribution in [3.05, 3.63) is 82.7 Å². The Morgan fingerprint density at radius 1 is 1.12 bits per heavy atom. The number of benzene rings is 2. The first kappa shape index (κ1) is 23.6. The molecule has 5 nitrogen and oxygen atoms in total. The lowest BCUT2D eigenvalue weighted by Gasteiger charge is -2.25. The van der Waals surface area contributed by atoms with Gasteiger partial charge in [0.15, 0.2) is 0 Å². The molecule has 1 aliphatic rings. The molecule has 1 saturated carbocycles. The number of pyridine rings is 1. The minimum absolute atomic E-state index is 0.216. The van der Waals surface area contributed by atoms with E-state index in [1.54, 1.807) is 43.0 Å². The summed E-state index contributed by atoms with van der Waals surface area (Å²) in [4.78, 5) is 4.32. The van der Waals surface area contributed by atoms with Gasteiger partial charge in [0, 0.05) is 17.3 Å². The van der Waals surface area contributed by atoms with Gasteiger partial charge in [-0.15, -0.1) is 9.93 Å². The zero-order valence-corrected chi connectivity index (χ0v) is 20.4. The van der Waals surface area contributed by atoms with E-state index >= 15 is 0 Å². The highest BCUT2D eigenvalue weighted by Gasteiger charge is 2.22. The van der Waals surface area contributed by atoms with Crippen LogP contribution in [0.2, 0.25) is 0 Å². The normalized spacial score (nSPS) is 17.7. The highest BCUT2D eigenvalue weighted by Crippen LogP contribution is 2.38. The van der Waals surface area contributed by atoms with Crippen LogP contribution in [-0.2, 0) is 25.8 Å². The smallest absolute Gasteiger partial charge is 0.332 e. The second kappa shape index (κ2) is 9.35. The Morgan fingerprint density at radius 2 is 1.88 bits per heavy atom. The van der Waals surface area contributed by atoms with Crippen LogP contribution < -0.4 is 4.18 Å². The monoisotopic (exact) mass is 489 g/mol. The molecule has 8 heteroatoms. The van der Waals surface area contributed by atoms with E-state index < -0.39 is 20.1 Å². The molecule has 0 spiro atoms. The number of rotatable bonds is 6. The van der Waals surface area contributed by atoms with Crippen molar-refractivity contribution in [1.29, 1.82) is 0 Å². The largest absolute Gasteiger partial charge is 0.379 e. The maximum absolute atomic E-state index is 13.8. The predicted octanol–water partition coefficient (Wildman–Crippen LogP) is 5.10. The lowest BCUT2D eigenvalue weighted by atomic mass is 9.81. The second-order valence-electron chi connectivity index (χ2n) is 9.07. The van der Waals surface area contributed by atoms with Gasteiger partial charge in [0.1, 0.15) is 11.6 Å². The van der Waals surface area contributed by atoms with E-state index in [9.17, 15) is 17.0 Å². The predicted molar refractivity (Wildman–Crippen MR) is 132 cm³/mol.